The van der Waals surface area contributed by atoms with E-state index in [0.29, 0.717) is 30.3 Å². The Bertz CT molecular complexity index is 971. The van der Waals surface area contributed by atoms with E-state index >= 15 is 0 Å². The molecule has 1 aromatic carbocycles. The maximum atomic E-state index is 12.8. The van der Waals surface area contributed by atoms with Gasteiger partial charge in [-0.2, -0.15) is 0 Å². The van der Waals surface area contributed by atoms with E-state index in [9.17, 15) is 4.79 Å². The van der Waals surface area contributed by atoms with Gasteiger partial charge in [0.15, 0.2) is 11.5 Å². The summed E-state index contributed by atoms with van der Waals surface area (Å²) < 4.78 is 16.9. The molecule has 0 saturated carbocycles. The Balaban J connectivity index is 1.35. The van der Waals surface area contributed by atoms with Crippen molar-refractivity contribution in [2.45, 2.75) is 38.9 Å². The Morgan fingerprint density at radius 3 is 3.14 bits per heavy atom. The van der Waals surface area contributed by atoms with E-state index in [1.807, 2.05) is 30.3 Å². The van der Waals surface area contributed by atoms with Crippen LogP contribution in [0.4, 0.5) is 0 Å². The number of likely N-dealkylation sites (tertiary alicyclic amines) is 1. The monoisotopic (exact) mass is 395 g/mol. The number of ether oxygens (including phenoxy) is 2. The molecular formula is C22H25N3O4. The molecule has 0 spiro atoms. The summed E-state index contributed by atoms with van der Waals surface area (Å²) in [5.41, 5.74) is 1.22. The Morgan fingerprint density at radius 1 is 1.31 bits per heavy atom. The molecule has 7 heteroatoms. The topological polar surface area (TPSA) is 77.7 Å². The third-order valence-electron chi connectivity index (χ3n) is 4.96. The largest absolute Gasteiger partial charge is 0.486 e. The third-order valence-corrected chi connectivity index (χ3v) is 4.96. The van der Waals surface area contributed by atoms with Gasteiger partial charge in [0.25, 0.3) is 5.91 Å². The van der Waals surface area contributed by atoms with E-state index in [0.717, 1.165) is 36.8 Å². The van der Waals surface area contributed by atoms with E-state index < -0.39 is 0 Å². The zero-order valence-electron chi connectivity index (χ0n) is 16.5. The molecule has 29 heavy (non-hydrogen) atoms. The van der Waals surface area contributed by atoms with Gasteiger partial charge in [0.05, 0.1) is 11.6 Å². The minimum atomic E-state index is -0.124. The molecule has 3 heterocycles. The number of pyridine rings is 1. The van der Waals surface area contributed by atoms with Crippen LogP contribution >= 0.6 is 0 Å². The van der Waals surface area contributed by atoms with E-state index in [4.69, 9.17) is 14.0 Å². The summed E-state index contributed by atoms with van der Waals surface area (Å²) in [5, 5.41) is 4.95. The van der Waals surface area contributed by atoms with Gasteiger partial charge in [-0.15, -0.1) is 0 Å². The Labute approximate surface area is 169 Å². The van der Waals surface area contributed by atoms with Gasteiger partial charge >= 0.3 is 0 Å². The number of amides is 1. The van der Waals surface area contributed by atoms with Gasteiger partial charge in [-0.3, -0.25) is 9.78 Å². The van der Waals surface area contributed by atoms with Crippen LogP contribution in [0.2, 0.25) is 0 Å². The summed E-state index contributed by atoms with van der Waals surface area (Å²) in [6, 6.07) is 11.2. The van der Waals surface area contributed by atoms with Crippen molar-refractivity contribution in [1.29, 1.82) is 0 Å². The first-order chi connectivity index (χ1) is 14.2. The molecule has 1 amide bonds. The summed E-state index contributed by atoms with van der Waals surface area (Å²) in [6.45, 7) is 4.33. The molecule has 0 bridgehead atoms. The van der Waals surface area contributed by atoms with Gasteiger partial charge in [-0.1, -0.05) is 18.1 Å². The molecule has 0 N–H and O–H groups in total. The fourth-order valence-corrected chi connectivity index (χ4v) is 3.48. The number of rotatable bonds is 7. The van der Waals surface area contributed by atoms with Crippen molar-refractivity contribution in [3.63, 3.8) is 0 Å². The van der Waals surface area contributed by atoms with Crippen molar-refractivity contribution in [2.75, 3.05) is 19.7 Å². The number of hydrogen-bond donors (Lipinski definition) is 0. The first kappa shape index (κ1) is 19.4. The molecule has 0 radical (unpaired) electrons. The van der Waals surface area contributed by atoms with Crippen LogP contribution in [0.25, 0.3) is 10.9 Å². The van der Waals surface area contributed by atoms with E-state index in [-0.39, 0.29) is 18.6 Å². The van der Waals surface area contributed by atoms with Crippen LogP contribution in [0.1, 0.15) is 42.4 Å². The summed E-state index contributed by atoms with van der Waals surface area (Å²) >= 11 is 0. The molecule has 1 aliphatic heterocycles. The van der Waals surface area contributed by atoms with Crippen LogP contribution in [0.15, 0.2) is 47.1 Å². The van der Waals surface area contributed by atoms with Crippen LogP contribution in [0.3, 0.4) is 0 Å². The molecule has 0 aliphatic carbocycles. The highest BCUT2D eigenvalue weighted by Crippen LogP contribution is 2.21. The SMILES string of the molecule is CCCO[C@H]1CCCN(C(=O)c2cc(COc3ccc4ncccc4c3)on2)C1. The lowest BCUT2D eigenvalue weighted by atomic mass is 10.1. The predicted octanol–water partition coefficient (Wildman–Crippen LogP) is 3.83. The summed E-state index contributed by atoms with van der Waals surface area (Å²) in [5.74, 6) is 1.10. The summed E-state index contributed by atoms with van der Waals surface area (Å²) in [4.78, 5) is 18.8. The Morgan fingerprint density at radius 2 is 2.24 bits per heavy atom. The van der Waals surface area contributed by atoms with E-state index in [1.165, 1.54) is 0 Å². The fourth-order valence-electron chi connectivity index (χ4n) is 3.48. The molecule has 1 saturated heterocycles. The Hall–Kier alpha value is -2.93. The van der Waals surface area contributed by atoms with Gasteiger partial charge < -0.3 is 18.9 Å². The summed E-state index contributed by atoms with van der Waals surface area (Å²) in [6.07, 6.45) is 4.76. The zero-order chi connectivity index (χ0) is 20.1. The standard InChI is InChI=1S/C22H25N3O4/c1-2-11-27-18-6-4-10-25(14-18)22(26)21-13-19(29-24-21)15-28-17-7-8-20-16(12-17)5-3-9-23-20/h3,5,7-9,12-13,18H,2,4,6,10-11,14-15H2,1H3/t18-/m0/s1. The zero-order valence-corrected chi connectivity index (χ0v) is 16.5. The molecule has 152 valence electrons. The smallest absolute Gasteiger partial charge is 0.276 e. The highest BCUT2D eigenvalue weighted by molar-refractivity contribution is 5.92. The number of hydrogen-bond acceptors (Lipinski definition) is 6. The van der Waals surface area contributed by atoms with Crippen molar-refractivity contribution in [3.8, 4) is 5.75 Å². The minimum Gasteiger partial charge on any atom is -0.486 e. The second-order valence-corrected chi connectivity index (χ2v) is 7.21. The van der Waals surface area contributed by atoms with Crippen molar-refractivity contribution in [1.82, 2.24) is 15.0 Å². The first-order valence-electron chi connectivity index (χ1n) is 10.1. The average molecular weight is 395 g/mol. The molecule has 2 aromatic heterocycles. The van der Waals surface area contributed by atoms with Crippen LogP contribution in [-0.2, 0) is 11.3 Å². The van der Waals surface area contributed by atoms with Crippen LogP contribution in [0, 0.1) is 0 Å². The molecule has 1 atom stereocenters. The lowest BCUT2D eigenvalue weighted by Gasteiger charge is -2.32. The maximum Gasteiger partial charge on any atom is 0.276 e. The lowest BCUT2D eigenvalue weighted by molar-refractivity contribution is 0.00180. The first-order valence-corrected chi connectivity index (χ1v) is 10.1. The van der Waals surface area contributed by atoms with Gasteiger partial charge in [-0.25, -0.2) is 0 Å². The third kappa shape index (κ3) is 4.74. The number of carbonyl (C=O) groups excluding carboxylic acids is 1. The summed E-state index contributed by atoms with van der Waals surface area (Å²) in [7, 11) is 0. The predicted molar refractivity (Wildman–Crippen MR) is 108 cm³/mol. The molecule has 7 nitrogen and oxygen atoms in total. The molecule has 1 fully saturated rings. The number of carbonyl (C=O) groups is 1. The molecule has 4 rings (SSSR count). The lowest BCUT2D eigenvalue weighted by Crippen LogP contribution is -2.43. The normalized spacial score (nSPS) is 16.9. The number of nitrogens with zero attached hydrogens (tertiary/aromatic N) is 3. The van der Waals surface area contributed by atoms with Crippen molar-refractivity contribution >= 4 is 16.8 Å². The van der Waals surface area contributed by atoms with Crippen molar-refractivity contribution < 1.29 is 18.8 Å². The molecule has 1 aliphatic rings. The second kappa shape index (κ2) is 9.05. The number of aromatic nitrogens is 2. The van der Waals surface area contributed by atoms with E-state index in [2.05, 4.69) is 17.1 Å². The van der Waals surface area contributed by atoms with Gasteiger partial charge in [0.2, 0.25) is 0 Å². The Kier molecular flexibility index (Phi) is 6.05. The van der Waals surface area contributed by atoms with Crippen LogP contribution in [0.5, 0.6) is 5.75 Å². The molecular weight excluding hydrogens is 370 g/mol. The second-order valence-electron chi connectivity index (χ2n) is 7.21. The maximum absolute atomic E-state index is 12.8. The molecule has 0 unspecified atom stereocenters. The quantitative estimate of drug-likeness (QED) is 0.605. The number of benzene rings is 1. The molecule has 3 aromatic rings. The highest BCUT2D eigenvalue weighted by Gasteiger charge is 2.26. The van der Waals surface area contributed by atoms with Crippen LogP contribution < -0.4 is 4.74 Å². The minimum absolute atomic E-state index is 0.102. The van der Waals surface area contributed by atoms with E-state index in [1.54, 1.807) is 17.2 Å². The average Bonchev–Trinajstić information content (AvgIpc) is 3.25. The van der Waals surface area contributed by atoms with Crippen molar-refractivity contribution in [2.24, 2.45) is 0 Å². The fraction of sp³-hybridized carbons (Fsp3) is 0.409. The van der Waals surface area contributed by atoms with Gasteiger partial charge in [0, 0.05) is 37.3 Å². The number of piperidine rings is 1. The number of fused-ring (bicyclic) bond motifs is 1. The van der Waals surface area contributed by atoms with Gasteiger partial charge in [0.1, 0.15) is 12.4 Å². The van der Waals surface area contributed by atoms with Gasteiger partial charge in [-0.05, 0) is 43.5 Å². The van der Waals surface area contributed by atoms with Crippen molar-refractivity contribution in [3.05, 3.63) is 54.0 Å². The highest BCUT2D eigenvalue weighted by atomic mass is 16.5. The van der Waals surface area contributed by atoms with Crippen LogP contribution in [-0.4, -0.2) is 46.7 Å².